The first-order chi connectivity index (χ1) is 9.01. The Morgan fingerprint density at radius 2 is 2.05 bits per heavy atom. The molecule has 0 saturated heterocycles. The van der Waals surface area contributed by atoms with Gasteiger partial charge in [-0.05, 0) is 54.6 Å². The zero-order chi connectivity index (χ0) is 14.0. The summed E-state index contributed by atoms with van der Waals surface area (Å²) < 4.78 is 15.1. The number of halogens is 3. The minimum Gasteiger partial charge on any atom is -0.369 e. The zero-order valence-electron chi connectivity index (χ0n) is 10.5. The van der Waals surface area contributed by atoms with Gasteiger partial charge in [0, 0.05) is 16.6 Å². The summed E-state index contributed by atoms with van der Waals surface area (Å²) in [5, 5.41) is 3.19. The molecule has 19 heavy (non-hydrogen) atoms. The van der Waals surface area contributed by atoms with Gasteiger partial charge in [-0.2, -0.15) is 0 Å². The first-order valence-corrected chi connectivity index (χ1v) is 7.63. The topological polar surface area (TPSA) is 37.8 Å². The lowest BCUT2D eigenvalue weighted by molar-refractivity contribution is 0.627. The van der Waals surface area contributed by atoms with E-state index in [1.165, 1.54) is 12.1 Å². The third-order valence-corrected chi connectivity index (χ3v) is 4.23. The van der Waals surface area contributed by atoms with Crippen molar-refractivity contribution in [3.8, 4) is 11.4 Å². The van der Waals surface area contributed by atoms with Crippen LogP contribution in [0.1, 0.15) is 12.6 Å². The molecule has 1 N–H and O–H groups in total. The van der Waals surface area contributed by atoms with E-state index in [-0.39, 0.29) is 5.82 Å². The summed E-state index contributed by atoms with van der Waals surface area (Å²) in [4.78, 5) is 8.88. The monoisotopic (exact) mass is 435 g/mol. The molecule has 0 saturated carbocycles. The van der Waals surface area contributed by atoms with Gasteiger partial charge in [0.25, 0.3) is 0 Å². The van der Waals surface area contributed by atoms with Gasteiger partial charge in [-0.25, -0.2) is 14.4 Å². The Morgan fingerprint density at radius 3 is 2.68 bits per heavy atom. The van der Waals surface area contributed by atoms with Crippen LogP contribution >= 0.6 is 38.5 Å². The average molecular weight is 436 g/mol. The number of benzene rings is 1. The average Bonchev–Trinajstić information content (AvgIpc) is 2.33. The number of hydrogen-bond acceptors (Lipinski definition) is 3. The fourth-order valence-corrected chi connectivity index (χ4v) is 2.55. The van der Waals surface area contributed by atoms with Crippen molar-refractivity contribution >= 4 is 44.3 Å². The highest BCUT2D eigenvalue weighted by Gasteiger charge is 2.11. The van der Waals surface area contributed by atoms with E-state index in [1.807, 2.05) is 13.8 Å². The highest BCUT2D eigenvalue weighted by atomic mass is 127. The molecule has 1 heterocycles. The van der Waals surface area contributed by atoms with E-state index in [0.717, 1.165) is 21.6 Å². The van der Waals surface area contributed by atoms with Crippen LogP contribution in [0.2, 0.25) is 0 Å². The summed E-state index contributed by atoms with van der Waals surface area (Å²) in [6, 6.07) is 4.65. The number of hydrogen-bond donors (Lipinski definition) is 1. The maximum absolute atomic E-state index is 13.4. The fourth-order valence-electron chi connectivity index (χ4n) is 1.66. The molecule has 2 rings (SSSR count). The molecular weight excluding hydrogens is 424 g/mol. The lowest BCUT2D eigenvalue weighted by Gasteiger charge is -2.10. The Morgan fingerprint density at radius 1 is 1.32 bits per heavy atom. The quantitative estimate of drug-likeness (QED) is 0.726. The molecule has 0 aliphatic heterocycles. The lowest BCUT2D eigenvalue weighted by atomic mass is 10.2. The van der Waals surface area contributed by atoms with Crippen LogP contribution in [0.4, 0.5) is 10.2 Å². The van der Waals surface area contributed by atoms with Gasteiger partial charge in [0.15, 0.2) is 5.82 Å². The van der Waals surface area contributed by atoms with Crippen molar-refractivity contribution in [2.75, 3.05) is 11.9 Å². The second-order valence-electron chi connectivity index (χ2n) is 3.98. The maximum Gasteiger partial charge on any atom is 0.161 e. The molecule has 0 bridgehead atoms. The molecule has 1 aromatic heterocycles. The van der Waals surface area contributed by atoms with Crippen LogP contribution in [-0.4, -0.2) is 16.5 Å². The highest BCUT2D eigenvalue weighted by Crippen LogP contribution is 2.26. The van der Waals surface area contributed by atoms with Gasteiger partial charge in [0.1, 0.15) is 11.6 Å². The Labute approximate surface area is 133 Å². The Bertz CT molecular complexity index is 599. The summed E-state index contributed by atoms with van der Waals surface area (Å²) in [6.45, 7) is 4.70. The summed E-state index contributed by atoms with van der Waals surface area (Å²) in [6.07, 6.45) is 0. The van der Waals surface area contributed by atoms with Crippen molar-refractivity contribution in [3.63, 3.8) is 0 Å². The van der Waals surface area contributed by atoms with Crippen LogP contribution in [0.25, 0.3) is 11.4 Å². The van der Waals surface area contributed by atoms with E-state index >= 15 is 0 Å². The van der Waals surface area contributed by atoms with E-state index in [2.05, 4.69) is 53.8 Å². The van der Waals surface area contributed by atoms with Crippen LogP contribution < -0.4 is 5.32 Å². The minimum atomic E-state index is -0.311. The number of nitrogens with one attached hydrogen (secondary N) is 1. The predicted molar refractivity (Wildman–Crippen MR) is 86.7 cm³/mol. The number of nitrogens with zero attached hydrogens (tertiary/aromatic N) is 2. The van der Waals surface area contributed by atoms with E-state index in [4.69, 9.17) is 0 Å². The molecule has 0 fully saturated rings. The van der Waals surface area contributed by atoms with Crippen molar-refractivity contribution in [1.82, 2.24) is 9.97 Å². The number of aromatic nitrogens is 2. The van der Waals surface area contributed by atoms with E-state index in [1.54, 1.807) is 6.07 Å². The highest BCUT2D eigenvalue weighted by molar-refractivity contribution is 14.1. The van der Waals surface area contributed by atoms with Gasteiger partial charge in [-0.1, -0.05) is 15.9 Å². The van der Waals surface area contributed by atoms with Crippen LogP contribution in [0, 0.1) is 16.3 Å². The molecule has 0 radical (unpaired) electrons. The van der Waals surface area contributed by atoms with Crippen LogP contribution in [-0.2, 0) is 0 Å². The predicted octanol–water partition coefficient (Wildman–Crippen LogP) is 4.39. The van der Waals surface area contributed by atoms with Gasteiger partial charge in [0.05, 0.1) is 9.26 Å². The molecule has 0 aliphatic carbocycles. The maximum atomic E-state index is 13.4. The second kappa shape index (κ2) is 6.13. The third kappa shape index (κ3) is 3.42. The van der Waals surface area contributed by atoms with E-state index < -0.39 is 0 Å². The summed E-state index contributed by atoms with van der Waals surface area (Å²) >= 11 is 5.49. The van der Waals surface area contributed by atoms with Crippen molar-refractivity contribution in [2.24, 2.45) is 0 Å². The number of rotatable bonds is 3. The minimum absolute atomic E-state index is 0.311. The SMILES string of the molecule is CCNc1nc(-c2cc(F)cc(Br)c2)nc(C)c1I. The van der Waals surface area contributed by atoms with Gasteiger partial charge >= 0.3 is 0 Å². The molecule has 6 heteroatoms. The Balaban J connectivity index is 2.55. The van der Waals surface area contributed by atoms with Crippen molar-refractivity contribution in [2.45, 2.75) is 13.8 Å². The molecule has 1 aromatic carbocycles. The first kappa shape index (κ1) is 14.6. The zero-order valence-corrected chi connectivity index (χ0v) is 14.2. The third-order valence-electron chi connectivity index (χ3n) is 2.48. The van der Waals surface area contributed by atoms with Crippen LogP contribution in [0.5, 0.6) is 0 Å². The molecule has 0 unspecified atom stereocenters. The van der Waals surface area contributed by atoms with Crippen LogP contribution in [0.3, 0.4) is 0 Å². The number of anilines is 1. The Kier molecular flexibility index (Phi) is 4.72. The van der Waals surface area contributed by atoms with Crippen molar-refractivity contribution < 1.29 is 4.39 Å². The summed E-state index contributed by atoms with van der Waals surface area (Å²) in [7, 11) is 0. The number of aryl methyl sites for hydroxylation is 1. The van der Waals surface area contributed by atoms with E-state index in [0.29, 0.717) is 15.9 Å². The largest absolute Gasteiger partial charge is 0.369 e. The van der Waals surface area contributed by atoms with Crippen LogP contribution in [0.15, 0.2) is 22.7 Å². The molecule has 0 aliphatic rings. The first-order valence-electron chi connectivity index (χ1n) is 5.75. The van der Waals surface area contributed by atoms with Gasteiger partial charge in [-0.15, -0.1) is 0 Å². The standard InChI is InChI=1S/C13H12BrFIN3/c1-3-17-13-11(16)7(2)18-12(19-13)8-4-9(14)6-10(15)5-8/h4-6H,3H2,1-2H3,(H,17,18,19). The van der Waals surface area contributed by atoms with Gasteiger partial charge in [0.2, 0.25) is 0 Å². The molecule has 100 valence electrons. The van der Waals surface area contributed by atoms with Crippen molar-refractivity contribution in [1.29, 1.82) is 0 Å². The molecule has 0 atom stereocenters. The second-order valence-corrected chi connectivity index (χ2v) is 5.98. The van der Waals surface area contributed by atoms with E-state index in [9.17, 15) is 4.39 Å². The van der Waals surface area contributed by atoms with Gasteiger partial charge < -0.3 is 5.32 Å². The molecular formula is C13H12BrFIN3. The molecule has 3 nitrogen and oxygen atoms in total. The fraction of sp³-hybridized carbons (Fsp3) is 0.231. The van der Waals surface area contributed by atoms with Crippen molar-refractivity contribution in [3.05, 3.63) is 37.8 Å². The summed E-state index contributed by atoms with van der Waals surface area (Å²) in [5.74, 6) is 0.995. The smallest absolute Gasteiger partial charge is 0.161 e. The summed E-state index contributed by atoms with van der Waals surface area (Å²) in [5.41, 5.74) is 1.53. The Hall–Kier alpha value is -0.760. The van der Waals surface area contributed by atoms with Gasteiger partial charge in [-0.3, -0.25) is 0 Å². The molecule has 0 spiro atoms. The normalized spacial score (nSPS) is 10.6. The lowest BCUT2D eigenvalue weighted by Crippen LogP contribution is -2.06. The molecule has 2 aromatic rings. The molecule has 0 amide bonds.